The van der Waals surface area contributed by atoms with Crippen molar-refractivity contribution in [3.8, 4) is 0 Å². The van der Waals surface area contributed by atoms with Crippen LogP contribution in [0.3, 0.4) is 0 Å². The number of carbonyl (C=O) groups is 2. The smallest absolute Gasteiger partial charge is 0.275 e. The van der Waals surface area contributed by atoms with Crippen LogP contribution in [0.4, 0.5) is 17.3 Å². The summed E-state index contributed by atoms with van der Waals surface area (Å²) in [5.74, 6) is 0.206. The molecule has 0 aliphatic carbocycles. The lowest BCUT2D eigenvalue weighted by Crippen LogP contribution is -2.29. The van der Waals surface area contributed by atoms with Gasteiger partial charge in [-0.2, -0.15) is 0 Å². The number of amides is 2. The molecule has 2 aromatic heterocycles. The Hall–Kier alpha value is -3.56. The topological polar surface area (TPSA) is 112 Å². The maximum absolute atomic E-state index is 12.8. The Kier molecular flexibility index (Phi) is 7.11. The molecule has 0 bridgehead atoms. The zero-order valence-corrected chi connectivity index (χ0v) is 18.9. The van der Waals surface area contributed by atoms with Crippen LogP contribution in [0.2, 0.25) is 5.02 Å². The van der Waals surface area contributed by atoms with Crippen LogP contribution in [0, 0.1) is 6.92 Å². The predicted octanol–water partition coefficient (Wildman–Crippen LogP) is 3.14. The first-order valence-electron chi connectivity index (χ1n) is 10.6. The number of aromatic nitrogens is 3. The van der Waals surface area contributed by atoms with Crippen molar-refractivity contribution >= 4 is 40.7 Å². The van der Waals surface area contributed by atoms with E-state index >= 15 is 0 Å². The van der Waals surface area contributed by atoms with Crippen molar-refractivity contribution in [2.75, 3.05) is 41.7 Å². The van der Waals surface area contributed by atoms with Gasteiger partial charge in [0, 0.05) is 30.9 Å². The Labute approximate surface area is 196 Å². The first-order chi connectivity index (χ1) is 16.0. The molecule has 3 N–H and O–H groups in total. The molecule has 1 aliphatic rings. The molecule has 10 heteroatoms. The number of hydrogen-bond donors (Lipinski definition) is 3. The van der Waals surface area contributed by atoms with E-state index in [9.17, 15) is 9.59 Å². The number of carbonyl (C=O) groups excluding carboxylic acids is 2. The second-order valence-electron chi connectivity index (χ2n) is 7.67. The highest BCUT2D eigenvalue weighted by atomic mass is 35.5. The molecule has 0 unspecified atom stereocenters. The molecule has 1 aromatic carbocycles. The third-order valence-electron chi connectivity index (χ3n) is 5.16. The molecular formula is C23H24ClN7O2. The van der Waals surface area contributed by atoms with Crippen LogP contribution >= 0.6 is 11.6 Å². The minimum Gasteiger partial charge on any atom is -0.354 e. The molecule has 1 fully saturated rings. The van der Waals surface area contributed by atoms with Gasteiger partial charge in [-0.3, -0.25) is 9.59 Å². The van der Waals surface area contributed by atoms with Gasteiger partial charge in [0.1, 0.15) is 17.3 Å². The van der Waals surface area contributed by atoms with E-state index in [1.54, 1.807) is 30.6 Å². The number of hydrogen-bond acceptors (Lipinski definition) is 7. The molecule has 4 rings (SSSR count). The van der Waals surface area contributed by atoms with E-state index in [4.69, 9.17) is 11.6 Å². The summed E-state index contributed by atoms with van der Waals surface area (Å²) < 4.78 is 0. The van der Waals surface area contributed by atoms with Gasteiger partial charge in [-0.05, 0) is 49.7 Å². The molecule has 0 spiro atoms. The Bertz CT molecular complexity index is 1130. The highest BCUT2D eigenvalue weighted by Crippen LogP contribution is 2.23. The van der Waals surface area contributed by atoms with Crippen LogP contribution in [0.5, 0.6) is 0 Å². The number of halogens is 1. The number of nitrogens with zero attached hydrogens (tertiary/aromatic N) is 4. The van der Waals surface area contributed by atoms with Gasteiger partial charge in [0.15, 0.2) is 0 Å². The SMILES string of the molecule is Cc1ccc(NC(=O)c2cc(Cl)ccc2NC(=O)c2cnc(N3CCCNCC3)cn2)nc1. The fraction of sp³-hybridized carbons (Fsp3) is 0.261. The van der Waals surface area contributed by atoms with Gasteiger partial charge in [0.2, 0.25) is 0 Å². The number of anilines is 3. The normalized spacial score (nSPS) is 13.8. The van der Waals surface area contributed by atoms with Crippen LogP contribution in [-0.2, 0) is 0 Å². The quantitative estimate of drug-likeness (QED) is 0.530. The van der Waals surface area contributed by atoms with Gasteiger partial charge in [0.05, 0.1) is 23.6 Å². The molecule has 170 valence electrons. The largest absolute Gasteiger partial charge is 0.354 e. The van der Waals surface area contributed by atoms with Crippen molar-refractivity contribution in [3.63, 3.8) is 0 Å². The van der Waals surface area contributed by atoms with Crippen molar-refractivity contribution in [3.05, 3.63) is 70.8 Å². The molecule has 9 nitrogen and oxygen atoms in total. The third kappa shape index (κ3) is 5.82. The van der Waals surface area contributed by atoms with Crippen molar-refractivity contribution < 1.29 is 9.59 Å². The van der Waals surface area contributed by atoms with Crippen molar-refractivity contribution in [1.82, 2.24) is 20.3 Å². The average molecular weight is 466 g/mol. The van der Waals surface area contributed by atoms with Crippen LogP contribution in [0.15, 0.2) is 48.9 Å². The Morgan fingerprint density at radius 1 is 0.970 bits per heavy atom. The summed E-state index contributed by atoms with van der Waals surface area (Å²) in [5.41, 5.74) is 1.63. The Balaban J connectivity index is 1.48. The van der Waals surface area contributed by atoms with Crippen LogP contribution in [0.1, 0.15) is 32.8 Å². The molecule has 2 amide bonds. The van der Waals surface area contributed by atoms with Gasteiger partial charge in [-0.25, -0.2) is 15.0 Å². The minimum atomic E-state index is -0.476. The van der Waals surface area contributed by atoms with E-state index in [1.807, 2.05) is 13.0 Å². The van der Waals surface area contributed by atoms with Crippen LogP contribution in [-0.4, -0.2) is 52.9 Å². The summed E-state index contributed by atoms with van der Waals surface area (Å²) in [7, 11) is 0. The summed E-state index contributed by atoms with van der Waals surface area (Å²) in [5, 5.41) is 9.16. The summed E-state index contributed by atoms with van der Waals surface area (Å²) in [6, 6.07) is 8.20. The van der Waals surface area contributed by atoms with E-state index in [0.29, 0.717) is 16.5 Å². The molecule has 1 saturated heterocycles. The third-order valence-corrected chi connectivity index (χ3v) is 5.40. The lowest BCUT2D eigenvalue weighted by Gasteiger charge is -2.20. The van der Waals surface area contributed by atoms with Gasteiger partial charge in [-0.1, -0.05) is 17.7 Å². The monoisotopic (exact) mass is 465 g/mol. The van der Waals surface area contributed by atoms with Crippen molar-refractivity contribution in [2.24, 2.45) is 0 Å². The van der Waals surface area contributed by atoms with E-state index in [0.717, 1.165) is 44.0 Å². The van der Waals surface area contributed by atoms with Crippen LogP contribution < -0.4 is 20.9 Å². The van der Waals surface area contributed by atoms with Crippen molar-refractivity contribution in [2.45, 2.75) is 13.3 Å². The number of nitrogens with one attached hydrogen (secondary N) is 3. The first kappa shape index (κ1) is 22.6. The van der Waals surface area contributed by atoms with E-state index in [2.05, 4.69) is 35.8 Å². The number of pyridine rings is 1. The Morgan fingerprint density at radius 2 is 1.85 bits per heavy atom. The van der Waals surface area contributed by atoms with Crippen molar-refractivity contribution in [1.29, 1.82) is 0 Å². The molecule has 0 radical (unpaired) electrons. The highest BCUT2D eigenvalue weighted by molar-refractivity contribution is 6.31. The van der Waals surface area contributed by atoms with E-state index in [-0.39, 0.29) is 11.3 Å². The van der Waals surface area contributed by atoms with E-state index in [1.165, 1.54) is 12.3 Å². The van der Waals surface area contributed by atoms with E-state index < -0.39 is 11.8 Å². The predicted molar refractivity (Wildman–Crippen MR) is 128 cm³/mol. The fourth-order valence-electron chi connectivity index (χ4n) is 3.40. The second-order valence-corrected chi connectivity index (χ2v) is 8.11. The first-order valence-corrected chi connectivity index (χ1v) is 11.0. The number of aryl methyl sites for hydroxylation is 1. The zero-order valence-electron chi connectivity index (χ0n) is 18.1. The summed E-state index contributed by atoms with van der Waals surface area (Å²) in [6.07, 6.45) is 5.71. The molecule has 3 heterocycles. The number of rotatable bonds is 5. The summed E-state index contributed by atoms with van der Waals surface area (Å²) >= 11 is 6.10. The molecule has 1 aliphatic heterocycles. The second kappa shape index (κ2) is 10.4. The van der Waals surface area contributed by atoms with Gasteiger partial charge >= 0.3 is 0 Å². The highest BCUT2D eigenvalue weighted by Gasteiger charge is 2.18. The standard InChI is InChI=1S/C23H24ClN7O2/c1-15-3-6-20(27-12-15)30-22(32)17-11-16(24)4-5-18(17)29-23(33)19-13-28-21(14-26-19)31-9-2-7-25-8-10-31/h3-6,11-14,25H,2,7-10H2,1H3,(H,29,33)(H,27,30,32). The van der Waals surface area contributed by atoms with Gasteiger partial charge in [0.25, 0.3) is 11.8 Å². The molecular weight excluding hydrogens is 442 g/mol. The number of benzene rings is 1. The summed E-state index contributed by atoms with van der Waals surface area (Å²) in [4.78, 5) is 40.6. The Morgan fingerprint density at radius 3 is 2.61 bits per heavy atom. The van der Waals surface area contributed by atoms with Crippen LogP contribution in [0.25, 0.3) is 0 Å². The summed E-state index contributed by atoms with van der Waals surface area (Å²) in [6.45, 7) is 5.47. The minimum absolute atomic E-state index is 0.146. The lowest BCUT2D eigenvalue weighted by molar-refractivity contribution is 0.102. The maximum Gasteiger partial charge on any atom is 0.275 e. The molecule has 0 saturated carbocycles. The lowest BCUT2D eigenvalue weighted by atomic mass is 10.1. The van der Waals surface area contributed by atoms with Gasteiger partial charge < -0.3 is 20.9 Å². The molecule has 0 atom stereocenters. The van der Waals surface area contributed by atoms with Gasteiger partial charge in [-0.15, -0.1) is 0 Å². The molecule has 33 heavy (non-hydrogen) atoms. The zero-order chi connectivity index (χ0) is 23.2. The molecule has 3 aromatic rings. The maximum atomic E-state index is 12.8. The average Bonchev–Trinajstić information content (AvgIpc) is 3.11. The fourth-order valence-corrected chi connectivity index (χ4v) is 3.57.